The first kappa shape index (κ1) is 19.7. The van der Waals surface area contributed by atoms with Gasteiger partial charge in [-0.05, 0) is 30.7 Å². The van der Waals surface area contributed by atoms with E-state index in [0.29, 0.717) is 42.7 Å². The molecule has 25 heavy (non-hydrogen) atoms. The molecule has 1 atom stereocenters. The molecule has 1 aliphatic rings. The summed E-state index contributed by atoms with van der Waals surface area (Å²) in [5, 5.41) is 9.43. The number of morpholine rings is 1. The van der Waals surface area contributed by atoms with Gasteiger partial charge in [-0.25, -0.2) is 0 Å². The molecule has 1 heterocycles. The van der Waals surface area contributed by atoms with Crippen molar-refractivity contribution in [1.29, 1.82) is 0 Å². The largest absolute Gasteiger partial charge is 0.480 e. The van der Waals surface area contributed by atoms with Crippen LogP contribution in [0.1, 0.15) is 35.7 Å². The van der Waals surface area contributed by atoms with Crippen LogP contribution in [-0.4, -0.2) is 72.7 Å². The molecule has 1 N–H and O–H groups in total. The number of amides is 1. The quantitative estimate of drug-likeness (QED) is 0.834. The fourth-order valence-corrected chi connectivity index (χ4v) is 3.37. The minimum Gasteiger partial charge on any atom is -0.480 e. The minimum atomic E-state index is -0.883. The first-order chi connectivity index (χ1) is 11.8. The number of rotatable bonds is 6. The molecule has 1 unspecified atom stereocenters. The van der Waals surface area contributed by atoms with E-state index in [0.717, 1.165) is 5.56 Å². The number of nitrogens with zero attached hydrogens (tertiary/aromatic N) is 2. The molecule has 7 heteroatoms. The minimum absolute atomic E-state index is 0.0555. The van der Waals surface area contributed by atoms with Crippen LogP contribution >= 0.6 is 11.6 Å². The van der Waals surface area contributed by atoms with Gasteiger partial charge in [0.2, 0.25) is 0 Å². The Morgan fingerprint density at radius 2 is 2.16 bits per heavy atom. The normalized spacial score (nSPS) is 18.0. The van der Waals surface area contributed by atoms with Crippen LogP contribution in [0.2, 0.25) is 5.02 Å². The van der Waals surface area contributed by atoms with E-state index < -0.39 is 5.97 Å². The van der Waals surface area contributed by atoms with Gasteiger partial charge < -0.3 is 14.7 Å². The Morgan fingerprint density at radius 3 is 2.76 bits per heavy atom. The lowest BCUT2D eigenvalue weighted by molar-refractivity contribution is -0.138. The monoisotopic (exact) mass is 368 g/mol. The van der Waals surface area contributed by atoms with Crippen molar-refractivity contribution in [2.45, 2.75) is 25.9 Å². The first-order valence-corrected chi connectivity index (χ1v) is 8.76. The number of carboxylic acids is 1. The van der Waals surface area contributed by atoms with Crippen molar-refractivity contribution in [3.05, 3.63) is 34.3 Å². The van der Waals surface area contributed by atoms with Gasteiger partial charge in [-0.3, -0.25) is 14.5 Å². The number of hydrogen-bond acceptors (Lipinski definition) is 4. The van der Waals surface area contributed by atoms with Gasteiger partial charge in [-0.2, -0.15) is 0 Å². The molecule has 1 fully saturated rings. The van der Waals surface area contributed by atoms with Gasteiger partial charge in [-0.1, -0.05) is 31.5 Å². The van der Waals surface area contributed by atoms with E-state index in [4.69, 9.17) is 21.4 Å². The summed E-state index contributed by atoms with van der Waals surface area (Å²) < 4.78 is 5.67. The first-order valence-electron chi connectivity index (χ1n) is 8.38. The summed E-state index contributed by atoms with van der Waals surface area (Å²) in [7, 11) is 1.72. The number of carboxylic acid groups (broad SMARTS) is 1. The Labute approximate surface area is 153 Å². The molecule has 0 aliphatic carbocycles. The van der Waals surface area contributed by atoms with Crippen LogP contribution in [0.3, 0.4) is 0 Å². The molecule has 6 nitrogen and oxygen atoms in total. The Bertz CT molecular complexity index is 636. The van der Waals surface area contributed by atoms with E-state index in [1.807, 2.05) is 12.1 Å². The molecule has 1 aromatic rings. The third kappa shape index (κ3) is 5.42. The maximum absolute atomic E-state index is 12.7. The van der Waals surface area contributed by atoms with Crippen LogP contribution in [0, 0.1) is 0 Å². The smallest absolute Gasteiger partial charge is 0.317 e. The Morgan fingerprint density at radius 1 is 1.44 bits per heavy atom. The highest BCUT2D eigenvalue weighted by Crippen LogP contribution is 2.26. The zero-order chi connectivity index (χ0) is 18.6. The van der Waals surface area contributed by atoms with Crippen molar-refractivity contribution in [3.63, 3.8) is 0 Å². The summed E-state index contributed by atoms with van der Waals surface area (Å²) in [6.45, 7) is 5.91. The summed E-state index contributed by atoms with van der Waals surface area (Å²) in [5.74, 6) is -0.660. The van der Waals surface area contributed by atoms with E-state index in [1.54, 1.807) is 22.9 Å². The number of carbonyl (C=O) groups excluding carboxylic acids is 1. The van der Waals surface area contributed by atoms with Gasteiger partial charge in [0.15, 0.2) is 0 Å². The Kier molecular flexibility index (Phi) is 6.81. The topological polar surface area (TPSA) is 70.1 Å². The maximum atomic E-state index is 12.7. The fourth-order valence-electron chi connectivity index (χ4n) is 2.97. The summed E-state index contributed by atoms with van der Waals surface area (Å²) in [5.41, 5.74) is 1.59. The van der Waals surface area contributed by atoms with Crippen LogP contribution in [-0.2, 0) is 9.53 Å². The second-order valence-corrected chi connectivity index (χ2v) is 7.13. The fraction of sp³-hybridized carbons (Fsp3) is 0.556. The molecule has 138 valence electrons. The zero-order valence-corrected chi connectivity index (χ0v) is 15.6. The van der Waals surface area contributed by atoms with E-state index in [9.17, 15) is 9.59 Å². The summed E-state index contributed by atoms with van der Waals surface area (Å²) >= 11 is 6.30. The SMILES string of the molecule is CC(C)c1ccc(C(=O)N2CCOC(CN(C)CC(=O)O)C2)cc1Cl. The van der Waals surface area contributed by atoms with Crippen molar-refractivity contribution in [2.24, 2.45) is 0 Å². The molecule has 2 rings (SSSR count). The lowest BCUT2D eigenvalue weighted by Crippen LogP contribution is -2.49. The average molecular weight is 369 g/mol. The van der Waals surface area contributed by atoms with Crippen LogP contribution in [0.25, 0.3) is 0 Å². The molecular weight excluding hydrogens is 344 g/mol. The average Bonchev–Trinajstić information content (AvgIpc) is 2.53. The zero-order valence-electron chi connectivity index (χ0n) is 14.9. The van der Waals surface area contributed by atoms with Crippen molar-refractivity contribution >= 4 is 23.5 Å². The van der Waals surface area contributed by atoms with Crippen LogP contribution in [0.15, 0.2) is 18.2 Å². The highest BCUT2D eigenvalue weighted by atomic mass is 35.5. The number of carbonyl (C=O) groups is 2. The molecule has 0 aromatic heterocycles. The summed E-state index contributed by atoms with van der Waals surface area (Å²) in [6, 6.07) is 5.43. The maximum Gasteiger partial charge on any atom is 0.317 e. The van der Waals surface area contributed by atoms with Gasteiger partial charge in [0, 0.05) is 30.2 Å². The van der Waals surface area contributed by atoms with E-state index >= 15 is 0 Å². The predicted octanol–water partition coefficient (Wildman–Crippen LogP) is 2.32. The number of benzene rings is 1. The number of ether oxygens (including phenoxy) is 1. The molecule has 0 saturated carbocycles. The summed E-state index contributed by atoms with van der Waals surface area (Å²) in [6.07, 6.45) is -0.201. The highest BCUT2D eigenvalue weighted by Gasteiger charge is 2.26. The molecule has 1 amide bonds. The van der Waals surface area contributed by atoms with Gasteiger partial charge in [-0.15, -0.1) is 0 Å². The van der Waals surface area contributed by atoms with Crippen molar-refractivity contribution < 1.29 is 19.4 Å². The molecule has 1 aliphatic heterocycles. The number of aliphatic carboxylic acids is 1. The second-order valence-electron chi connectivity index (χ2n) is 6.73. The van der Waals surface area contributed by atoms with Crippen molar-refractivity contribution in [1.82, 2.24) is 9.80 Å². The number of halogens is 1. The van der Waals surface area contributed by atoms with Crippen LogP contribution in [0.5, 0.6) is 0 Å². The number of hydrogen-bond donors (Lipinski definition) is 1. The molecule has 0 radical (unpaired) electrons. The van der Waals surface area contributed by atoms with E-state index in [-0.39, 0.29) is 18.6 Å². The molecule has 0 spiro atoms. The third-order valence-electron chi connectivity index (χ3n) is 4.22. The second kappa shape index (κ2) is 8.65. The van der Waals surface area contributed by atoms with Crippen molar-refractivity contribution in [3.8, 4) is 0 Å². The predicted molar refractivity (Wildman–Crippen MR) is 96.3 cm³/mol. The Hall–Kier alpha value is -1.63. The molecule has 0 bridgehead atoms. The molecule has 1 saturated heterocycles. The van der Waals surface area contributed by atoms with Gasteiger partial charge in [0.1, 0.15) is 0 Å². The van der Waals surface area contributed by atoms with Gasteiger partial charge in [0.25, 0.3) is 5.91 Å². The lowest BCUT2D eigenvalue weighted by atomic mass is 10.0. The van der Waals surface area contributed by atoms with Crippen LogP contribution in [0.4, 0.5) is 0 Å². The van der Waals surface area contributed by atoms with Gasteiger partial charge in [0.05, 0.1) is 19.3 Å². The lowest BCUT2D eigenvalue weighted by Gasteiger charge is -2.34. The number of likely N-dealkylation sites (N-methyl/N-ethyl adjacent to an activating group) is 1. The van der Waals surface area contributed by atoms with Crippen molar-refractivity contribution in [2.75, 3.05) is 39.8 Å². The molecular formula is C18H25ClN2O4. The highest BCUT2D eigenvalue weighted by molar-refractivity contribution is 6.31. The van der Waals surface area contributed by atoms with E-state index in [2.05, 4.69) is 13.8 Å². The van der Waals surface area contributed by atoms with E-state index in [1.165, 1.54) is 0 Å². The van der Waals surface area contributed by atoms with Crippen LogP contribution < -0.4 is 0 Å². The summed E-state index contributed by atoms with van der Waals surface area (Å²) in [4.78, 5) is 26.9. The Balaban J connectivity index is 2.01. The molecule has 1 aromatic carbocycles. The standard InChI is InChI=1S/C18H25ClN2O4/c1-12(2)15-5-4-13(8-16(15)19)18(24)21-6-7-25-14(10-21)9-20(3)11-17(22)23/h4-5,8,12,14H,6-7,9-11H2,1-3H3,(H,22,23). The van der Waals surface area contributed by atoms with Gasteiger partial charge >= 0.3 is 5.97 Å². The third-order valence-corrected chi connectivity index (χ3v) is 4.54.